The standard InChI is InChI=1S/C9H16N2OS/c12-5-4-10-2-3-11-7-9-1-6-13-8-9/h1,6,8,10-12H,2-5,7H2/p+2. The molecular weight excluding hydrogens is 184 g/mol. The van der Waals surface area contributed by atoms with E-state index in [4.69, 9.17) is 5.11 Å². The zero-order valence-electron chi connectivity index (χ0n) is 7.78. The minimum absolute atomic E-state index is 0.282. The van der Waals surface area contributed by atoms with E-state index in [2.05, 4.69) is 27.5 Å². The largest absolute Gasteiger partial charge is 0.391 e. The molecule has 3 nitrogen and oxygen atoms in total. The van der Waals surface area contributed by atoms with Crippen molar-refractivity contribution in [2.75, 3.05) is 26.2 Å². The van der Waals surface area contributed by atoms with Gasteiger partial charge in [-0.2, -0.15) is 11.3 Å². The Morgan fingerprint density at radius 2 is 2.08 bits per heavy atom. The molecule has 74 valence electrons. The van der Waals surface area contributed by atoms with Crippen molar-refractivity contribution in [3.05, 3.63) is 22.4 Å². The summed E-state index contributed by atoms with van der Waals surface area (Å²) in [5.41, 5.74) is 1.41. The molecule has 0 aliphatic heterocycles. The predicted molar refractivity (Wildman–Crippen MR) is 53.6 cm³/mol. The van der Waals surface area contributed by atoms with Gasteiger partial charge in [-0.25, -0.2) is 0 Å². The van der Waals surface area contributed by atoms with Crippen LogP contribution in [0.3, 0.4) is 0 Å². The molecule has 1 aromatic heterocycles. The molecule has 0 amide bonds. The van der Waals surface area contributed by atoms with E-state index in [1.807, 2.05) is 0 Å². The maximum absolute atomic E-state index is 8.53. The monoisotopic (exact) mass is 202 g/mol. The van der Waals surface area contributed by atoms with Crippen LogP contribution < -0.4 is 10.6 Å². The highest BCUT2D eigenvalue weighted by Gasteiger charge is 1.95. The second-order valence-electron chi connectivity index (χ2n) is 3.00. The van der Waals surface area contributed by atoms with Crippen LogP contribution in [-0.2, 0) is 6.54 Å². The van der Waals surface area contributed by atoms with Gasteiger partial charge in [-0.3, -0.25) is 0 Å². The molecule has 4 heteroatoms. The Morgan fingerprint density at radius 3 is 2.77 bits per heavy atom. The van der Waals surface area contributed by atoms with E-state index < -0.39 is 0 Å². The first kappa shape index (κ1) is 10.7. The Hall–Kier alpha value is -0.420. The van der Waals surface area contributed by atoms with E-state index in [0.717, 1.165) is 26.2 Å². The van der Waals surface area contributed by atoms with E-state index >= 15 is 0 Å². The molecule has 1 heterocycles. The van der Waals surface area contributed by atoms with Crippen LogP contribution in [0.2, 0.25) is 0 Å². The van der Waals surface area contributed by atoms with Crippen molar-refractivity contribution in [2.24, 2.45) is 0 Å². The minimum atomic E-state index is 0.282. The lowest BCUT2D eigenvalue weighted by molar-refractivity contribution is -0.731. The number of hydrogen-bond donors (Lipinski definition) is 3. The smallest absolute Gasteiger partial charge is 0.125 e. The van der Waals surface area contributed by atoms with Crippen molar-refractivity contribution < 1.29 is 15.7 Å². The summed E-state index contributed by atoms with van der Waals surface area (Å²) in [4.78, 5) is 0. The number of aliphatic hydroxyl groups excluding tert-OH is 1. The van der Waals surface area contributed by atoms with Crippen molar-refractivity contribution in [3.8, 4) is 0 Å². The molecule has 0 saturated heterocycles. The highest BCUT2D eigenvalue weighted by atomic mass is 32.1. The third-order valence-corrected chi connectivity index (χ3v) is 2.60. The molecule has 1 aromatic rings. The van der Waals surface area contributed by atoms with Crippen LogP contribution in [0, 0.1) is 0 Å². The maximum Gasteiger partial charge on any atom is 0.125 e. The van der Waals surface area contributed by atoms with Gasteiger partial charge in [0.15, 0.2) is 0 Å². The predicted octanol–water partition coefficient (Wildman–Crippen LogP) is -1.63. The fourth-order valence-electron chi connectivity index (χ4n) is 1.15. The van der Waals surface area contributed by atoms with Gasteiger partial charge in [0.1, 0.15) is 19.6 Å². The van der Waals surface area contributed by atoms with Crippen LogP contribution in [0.4, 0.5) is 0 Å². The lowest BCUT2D eigenvalue weighted by atomic mass is 10.3. The molecule has 1 rings (SSSR count). The first-order valence-electron chi connectivity index (χ1n) is 4.68. The topological polar surface area (TPSA) is 53.5 Å². The highest BCUT2D eigenvalue weighted by Crippen LogP contribution is 2.02. The minimum Gasteiger partial charge on any atom is -0.391 e. The molecule has 0 saturated carbocycles. The van der Waals surface area contributed by atoms with E-state index in [9.17, 15) is 0 Å². The van der Waals surface area contributed by atoms with Crippen LogP contribution in [0.25, 0.3) is 0 Å². The summed E-state index contributed by atoms with van der Waals surface area (Å²) in [6.45, 7) is 4.40. The van der Waals surface area contributed by atoms with Crippen molar-refractivity contribution in [1.82, 2.24) is 0 Å². The molecule has 5 N–H and O–H groups in total. The molecule has 0 spiro atoms. The van der Waals surface area contributed by atoms with E-state index in [0.29, 0.717) is 0 Å². The second-order valence-corrected chi connectivity index (χ2v) is 3.78. The van der Waals surface area contributed by atoms with Crippen molar-refractivity contribution in [3.63, 3.8) is 0 Å². The Morgan fingerprint density at radius 1 is 1.23 bits per heavy atom. The normalized spacial score (nSPS) is 10.5. The summed E-state index contributed by atoms with van der Waals surface area (Å²) in [6, 6.07) is 2.17. The first-order chi connectivity index (χ1) is 6.43. The van der Waals surface area contributed by atoms with Gasteiger partial charge in [0.2, 0.25) is 0 Å². The summed E-state index contributed by atoms with van der Waals surface area (Å²) >= 11 is 1.75. The van der Waals surface area contributed by atoms with Gasteiger partial charge < -0.3 is 15.7 Å². The molecule has 13 heavy (non-hydrogen) atoms. The molecule has 0 atom stereocenters. The molecule has 0 aliphatic carbocycles. The van der Waals surface area contributed by atoms with Crippen LogP contribution in [0.5, 0.6) is 0 Å². The van der Waals surface area contributed by atoms with Crippen LogP contribution in [-0.4, -0.2) is 31.3 Å². The summed E-state index contributed by atoms with van der Waals surface area (Å²) in [5, 5.41) is 17.3. The van der Waals surface area contributed by atoms with Crippen molar-refractivity contribution >= 4 is 11.3 Å². The van der Waals surface area contributed by atoms with Gasteiger partial charge in [0.05, 0.1) is 13.2 Å². The van der Waals surface area contributed by atoms with Gasteiger partial charge >= 0.3 is 0 Å². The van der Waals surface area contributed by atoms with E-state index in [1.54, 1.807) is 11.3 Å². The molecule has 0 aromatic carbocycles. The average molecular weight is 202 g/mol. The highest BCUT2D eigenvalue weighted by molar-refractivity contribution is 7.07. The van der Waals surface area contributed by atoms with Gasteiger partial charge in [-0.15, -0.1) is 0 Å². The number of hydrogen-bond acceptors (Lipinski definition) is 2. The number of rotatable bonds is 7. The fourth-order valence-corrected chi connectivity index (χ4v) is 1.83. The zero-order valence-corrected chi connectivity index (χ0v) is 8.59. The molecular formula is C9H18N2OS+2. The average Bonchev–Trinajstić information content (AvgIpc) is 2.63. The zero-order chi connectivity index (χ0) is 9.36. The molecule has 0 radical (unpaired) electrons. The Kier molecular flexibility index (Phi) is 5.76. The van der Waals surface area contributed by atoms with E-state index in [-0.39, 0.29) is 6.61 Å². The number of quaternary nitrogens is 2. The third-order valence-electron chi connectivity index (χ3n) is 1.87. The van der Waals surface area contributed by atoms with Gasteiger partial charge in [-0.05, 0) is 16.8 Å². The van der Waals surface area contributed by atoms with Gasteiger partial charge in [0, 0.05) is 5.56 Å². The summed E-state index contributed by atoms with van der Waals surface area (Å²) in [6.07, 6.45) is 0. The Bertz CT molecular complexity index is 201. The van der Waals surface area contributed by atoms with Gasteiger partial charge in [0.25, 0.3) is 0 Å². The van der Waals surface area contributed by atoms with E-state index in [1.165, 1.54) is 5.56 Å². The van der Waals surface area contributed by atoms with Crippen LogP contribution >= 0.6 is 11.3 Å². The number of thiophene rings is 1. The van der Waals surface area contributed by atoms with Gasteiger partial charge in [-0.1, -0.05) is 0 Å². The van der Waals surface area contributed by atoms with Crippen LogP contribution in [0.15, 0.2) is 16.8 Å². The lowest BCUT2D eigenvalue weighted by Gasteiger charge is -1.99. The Labute approximate surface area is 82.8 Å². The first-order valence-corrected chi connectivity index (χ1v) is 5.63. The van der Waals surface area contributed by atoms with Crippen LogP contribution in [0.1, 0.15) is 5.56 Å². The van der Waals surface area contributed by atoms with Crippen molar-refractivity contribution in [1.29, 1.82) is 0 Å². The summed E-state index contributed by atoms with van der Waals surface area (Å²) in [7, 11) is 0. The number of aliphatic hydroxyl groups is 1. The fraction of sp³-hybridized carbons (Fsp3) is 0.556. The summed E-state index contributed by atoms with van der Waals surface area (Å²) < 4.78 is 0. The molecule has 0 fully saturated rings. The molecule has 0 aliphatic rings. The second kappa shape index (κ2) is 7.03. The number of nitrogens with two attached hydrogens (primary N) is 2. The molecule has 0 bridgehead atoms. The quantitative estimate of drug-likeness (QED) is 0.457. The molecule has 0 unspecified atom stereocenters. The maximum atomic E-state index is 8.53. The van der Waals surface area contributed by atoms with Crippen molar-refractivity contribution in [2.45, 2.75) is 6.54 Å². The SMILES string of the molecule is OCC[NH2+]CC[NH2+]Cc1ccsc1. The third kappa shape index (κ3) is 5.00. The Balaban J connectivity index is 1.90. The lowest BCUT2D eigenvalue weighted by Crippen LogP contribution is -2.94. The summed E-state index contributed by atoms with van der Waals surface area (Å²) in [5.74, 6) is 0.